The maximum Gasteiger partial charge on any atom is 0.323 e. The molecule has 0 saturated carbocycles. The van der Waals surface area contributed by atoms with E-state index in [1.165, 1.54) is 10.4 Å². The molecule has 0 fully saturated rings. The van der Waals surface area contributed by atoms with Crippen molar-refractivity contribution in [3.63, 3.8) is 0 Å². The summed E-state index contributed by atoms with van der Waals surface area (Å²) in [5.74, 6) is 6.06. The zero-order chi connectivity index (χ0) is 14.4. The predicted molar refractivity (Wildman–Crippen MR) is 79.8 cm³/mol. The molecule has 2 aromatic rings. The summed E-state index contributed by atoms with van der Waals surface area (Å²) in [6.07, 6.45) is 0.883. The van der Waals surface area contributed by atoms with Gasteiger partial charge < -0.3 is 10.1 Å². The Balaban J connectivity index is 2.07. The van der Waals surface area contributed by atoms with Crippen LogP contribution in [0.25, 0.3) is 0 Å². The van der Waals surface area contributed by atoms with E-state index in [9.17, 15) is 0 Å². The summed E-state index contributed by atoms with van der Waals surface area (Å²) >= 11 is 1.69. The van der Waals surface area contributed by atoms with Crippen molar-refractivity contribution < 1.29 is 4.74 Å². The molecular weight excluding hydrogens is 276 g/mol. The van der Waals surface area contributed by atoms with Crippen molar-refractivity contribution in [2.75, 3.05) is 17.3 Å². The fraction of sp³-hybridized carbons (Fsp3) is 0.417. The lowest BCUT2D eigenvalue weighted by Gasteiger charge is -2.08. The van der Waals surface area contributed by atoms with Crippen LogP contribution in [0.3, 0.4) is 0 Å². The lowest BCUT2D eigenvalue weighted by Crippen LogP contribution is -2.14. The lowest BCUT2D eigenvalue weighted by atomic mass is 10.3. The molecule has 20 heavy (non-hydrogen) atoms. The van der Waals surface area contributed by atoms with Crippen LogP contribution in [0.1, 0.15) is 23.8 Å². The van der Waals surface area contributed by atoms with Gasteiger partial charge in [0.25, 0.3) is 0 Å². The summed E-state index contributed by atoms with van der Waals surface area (Å²) in [5.41, 5.74) is 3.66. The molecule has 108 valence electrons. The Bertz CT molecular complexity index is 559. The molecule has 0 radical (unpaired) electrons. The van der Waals surface area contributed by atoms with Gasteiger partial charge in [-0.2, -0.15) is 15.0 Å². The van der Waals surface area contributed by atoms with Gasteiger partial charge in [-0.25, -0.2) is 5.84 Å². The van der Waals surface area contributed by atoms with Crippen LogP contribution < -0.4 is 21.3 Å². The number of rotatable bonds is 7. The molecule has 2 heterocycles. The Labute approximate surface area is 121 Å². The van der Waals surface area contributed by atoms with Gasteiger partial charge in [0.1, 0.15) is 0 Å². The number of nitrogens with one attached hydrogen (secondary N) is 2. The average Bonchev–Trinajstić information content (AvgIpc) is 2.88. The maximum absolute atomic E-state index is 5.40. The van der Waals surface area contributed by atoms with Crippen LogP contribution in [-0.2, 0) is 6.54 Å². The second kappa shape index (κ2) is 7.01. The number of hydrogen-bond acceptors (Lipinski definition) is 8. The van der Waals surface area contributed by atoms with Crippen molar-refractivity contribution in [1.29, 1.82) is 0 Å². The minimum absolute atomic E-state index is 0.264. The zero-order valence-corrected chi connectivity index (χ0v) is 12.3. The molecule has 0 unspecified atom stereocenters. The third kappa shape index (κ3) is 3.78. The smallest absolute Gasteiger partial charge is 0.323 e. The molecule has 0 amide bonds. The van der Waals surface area contributed by atoms with E-state index in [-0.39, 0.29) is 12.0 Å². The molecule has 0 aliphatic heterocycles. The molecule has 2 aromatic heterocycles. The molecule has 0 aromatic carbocycles. The molecule has 0 atom stereocenters. The van der Waals surface area contributed by atoms with Gasteiger partial charge in [-0.1, -0.05) is 6.92 Å². The van der Waals surface area contributed by atoms with Gasteiger partial charge in [0.15, 0.2) is 0 Å². The predicted octanol–water partition coefficient (Wildman–Crippen LogP) is 1.93. The highest BCUT2D eigenvalue weighted by atomic mass is 32.1. The fourth-order valence-corrected chi connectivity index (χ4v) is 2.35. The van der Waals surface area contributed by atoms with Crippen molar-refractivity contribution in [2.24, 2.45) is 5.84 Å². The van der Waals surface area contributed by atoms with Crippen LogP contribution in [0.2, 0.25) is 0 Å². The van der Waals surface area contributed by atoms with Crippen molar-refractivity contribution >= 4 is 23.2 Å². The Morgan fingerprint density at radius 1 is 1.30 bits per heavy atom. The summed E-state index contributed by atoms with van der Waals surface area (Å²) in [6, 6.07) is 2.35. The van der Waals surface area contributed by atoms with Crippen LogP contribution in [0.5, 0.6) is 6.01 Å². The Morgan fingerprint density at radius 2 is 2.10 bits per heavy atom. The summed E-state index contributed by atoms with van der Waals surface area (Å²) in [6.45, 7) is 5.30. The SMILES string of the molecule is CCCOc1nc(NN)nc(NCc2sccc2C)n1. The zero-order valence-electron chi connectivity index (χ0n) is 11.5. The Morgan fingerprint density at radius 3 is 2.75 bits per heavy atom. The second-order valence-electron chi connectivity index (χ2n) is 4.14. The van der Waals surface area contributed by atoms with Gasteiger partial charge in [0, 0.05) is 4.88 Å². The number of aromatic nitrogens is 3. The van der Waals surface area contributed by atoms with E-state index in [0.717, 1.165) is 6.42 Å². The fourth-order valence-electron chi connectivity index (χ4n) is 1.50. The van der Waals surface area contributed by atoms with Gasteiger partial charge in [-0.15, -0.1) is 11.3 Å². The summed E-state index contributed by atoms with van der Waals surface area (Å²) in [4.78, 5) is 13.6. The first-order valence-electron chi connectivity index (χ1n) is 6.35. The summed E-state index contributed by atoms with van der Waals surface area (Å²) < 4.78 is 5.40. The van der Waals surface area contributed by atoms with Crippen molar-refractivity contribution in [1.82, 2.24) is 15.0 Å². The van der Waals surface area contributed by atoms with Crippen LogP contribution in [-0.4, -0.2) is 21.6 Å². The summed E-state index contributed by atoms with van der Waals surface area (Å²) in [7, 11) is 0. The van der Waals surface area contributed by atoms with Gasteiger partial charge in [-0.3, -0.25) is 5.43 Å². The molecule has 0 saturated heterocycles. The summed E-state index contributed by atoms with van der Waals surface area (Å²) in [5, 5.41) is 5.21. The number of hydrogen-bond donors (Lipinski definition) is 3. The van der Waals surface area contributed by atoms with E-state index < -0.39 is 0 Å². The largest absolute Gasteiger partial charge is 0.463 e. The monoisotopic (exact) mass is 294 g/mol. The first-order valence-corrected chi connectivity index (χ1v) is 7.23. The van der Waals surface area contributed by atoms with Gasteiger partial charge in [-0.05, 0) is 30.4 Å². The normalized spacial score (nSPS) is 10.3. The van der Waals surface area contributed by atoms with Crippen LogP contribution >= 0.6 is 11.3 Å². The van der Waals surface area contributed by atoms with E-state index in [1.54, 1.807) is 11.3 Å². The molecule has 7 nitrogen and oxygen atoms in total. The molecule has 0 spiro atoms. The highest BCUT2D eigenvalue weighted by Gasteiger charge is 2.07. The van der Waals surface area contributed by atoms with Crippen molar-refractivity contribution in [2.45, 2.75) is 26.8 Å². The number of hydrazine groups is 1. The second-order valence-corrected chi connectivity index (χ2v) is 5.14. The number of ether oxygens (including phenoxy) is 1. The molecule has 0 bridgehead atoms. The number of nitrogen functional groups attached to an aromatic ring is 1. The lowest BCUT2D eigenvalue weighted by molar-refractivity contribution is 0.292. The van der Waals surface area contributed by atoms with E-state index in [2.05, 4.69) is 44.1 Å². The Hall–Kier alpha value is -1.93. The van der Waals surface area contributed by atoms with E-state index in [4.69, 9.17) is 10.6 Å². The van der Waals surface area contributed by atoms with Crippen LogP contribution in [0, 0.1) is 6.92 Å². The van der Waals surface area contributed by atoms with Gasteiger partial charge in [0.2, 0.25) is 11.9 Å². The first-order chi connectivity index (χ1) is 9.72. The highest BCUT2D eigenvalue weighted by Crippen LogP contribution is 2.17. The van der Waals surface area contributed by atoms with E-state index in [0.29, 0.717) is 19.1 Å². The number of nitrogens with two attached hydrogens (primary N) is 1. The number of nitrogens with zero attached hydrogens (tertiary/aromatic N) is 3. The minimum Gasteiger partial charge on any atom is -0.463 e. The molecule has 8 heteroatoms. The molecule has 2 rings (SSSR count). The van der Waals surface area contributed by atoms with Gasteiger partial charge in [0.05, 0.1) is 13.2 Å². The minimum atomic E-state index is 0.264. The first kappa shape index (κ1) is 14.5. The molecule has 0 aliphatic carbocycles. The molecule has 0 aliphatic rings. The van der Waals surface area contributed by atoms with Crippen molar-refractivity contribution in [3.8, 4) is 6.01 Å². The Kier molecular flexibility index (Phi) is 5.08. The number of thiophene rings is 1. The molecule has 4 N–H and O–H groups in total. The third-order valence-corrected chi connectivity index (χ3v) is 3.58. The van der Waals surface area contributed by atoms with E-state index >= 15 is 0 Å². The third-order valence-electron chi connectivity index (χ3n) is 2.55. The quantitative estimate of drug-likeness (QED) is 0.530. The number of anilines is 2. The number of aryl methyl sites for hydroxylation is 1. The topological polar surface area (TPSA) is 98.0 Å². The van der Waals surface area contributed by atoms with E-state index in [1.807, 2.05) is 6.92 Å². The maximum atomic E-state index is 5.40. The van der Waals surface area contributed by atoms with Crippen LogP contribution in [0.4, 0.5) is 11.9 Å². The highest BCUT2D eigenvalue weighted by molar-refractivity contribution is 7.10. The van der Waals surface area contributed by atoms with Crippen LogP contribution in [0.15, 0.2) is 11.4 Å². The molecular formula is C12H18N6OS. The van der Waals surface area contributed by atoms with Crippen molar-refractivity contribution in [3.05, 3.63) is 21.9 Å². The average molecular weight is 294 g/mol. The standard InChI is InChI=1S/C12H18N6OS/c1-3-5-19-12-16-10(15-11(17-12)18-13)14-7-9-8(2)4-6-20-9/h4,6H,3,5,7,13H2,1-2H3,(H2,14,15,16,17,18). The van der Waals surface area contributed by atoms with Gasteiger partial charge >= 0.3 is 6.01 Å².